The maximum Gasteiger partial charge on any atom is 0.261 e. The zero-order chi connectivity index (χ0) is 13.5. The standard InChI is InChI=1S/C14H17NO3/c1-8-9(2)17-12-7-10(5-6-11(8)12)18-14(3,4)13(15)16/h5-7H,1-4H3,(H2,15,16). The second-order valence-corrected chi connectivity index (χ2v) is 4.92. The quantitative estimate of drug-likeness (QED) is 0.906. The van der Waals surface area contributed by atoms with E-state index in [1.165, 1.54) is 0 Å². The summed E-state index contributed by atoms with van der Waals surface area (Å²) in [5.74, 6) is 0.950. The Morgan fingerprint density at radius 2 is 2.00 bits per heavy atom. The molecule has 4 heteroatoms. The monoisotopic (exact) mass is 247 g/mol. The normalized spacial score (nSPS) is 11.8. The van der Waals surface area contributed by atoms with E-state index < -0.39 is 11.5 Å². The van der Waals surface area contributed by atoms with Crippen LogP contribution in [0.15, 0.2) is 22.6 Å². The maximum atomic E-state index is 11.2. The molecule has 0 radical (unpaired) electrons. The molecular weight excluding hydrogens is 230 g/mol. The lowest BCUT2D eigenvalue weighted by molar-refractivity contribution is -0.130. The van der Waals surface area contributed by atoms with Gasteiger partial charge in [0.25, 0.3) is 5.91 Å². The van der Waals surface area contributed by atoms with Crippen molar-refractivity contribution < 1.29 is 13.9 Å². The van der Waals surface area contributed by atoms with E-state index in [2.05, 4.69) is 0 Å². The molecule has 1 aromatic heterocycles. The summed E-state index contributed by atoms with van der Waals surface area (Å²) in [6, 6.07) is 5.52. The van der Waals surface area contributed by atoms with Gasteiger partial charge in [-0.25, -0.2) is 0 Å². The van der Waals surface area contributed by atoms with Crippen molar-refractivity contribution in [1.82, 2.24) is 0 Å². The summed E-state index contributed by atoms with van der Waals surface area (Å²) in [6.45, 7) is 7.20. The zero-order valence-corrected chi connectivity index (χ0v) is 11.0. The number of hydrogen-bond donors (Lipinski definition) is 1. The SMILES string of the molecule is Cc1oc2cc(OC(C)(C)C(N)=O)ccc2c1C. The van der Waals surface area contributed by atoms with E-state index >= 15 is 0 Å². The summed E-state index contributed by atoms with van der Waals surface area (Å²) in [5, 5.41) is 1.05. The molecule has 0 spiro atoms. The molecule has 18 heavy (non-hydrogen) atoms. The Bertz CT molecular complexity index is 611. The largest absolute Gasteiger partial charge is 0.478 e. The van der Waals surface area contributed by atoms with Crippen molar-refractivity contribution in [3.63, 3.8) is 0 Å². The van der Waals surface area contributed by atoms with Gasteiger partial charge in [0.2, 0.25) is 0 Å². The molecule has 0 aliphatic heterocycles. The molecule has 1 amide bonds. The number of benzene rings is 1. The highest BCUT2D eigenvalue weighted by Gasteiger charge is 2.27. The van der Waals surface area contributed by atoms with Gasteiger partial charge in [-0.05, 0) is 45.4 Å². The summed E-state index contributed by atoms with van der Waals surface area (Å²) in [5.41, 5.74) is 6.10. The number of nitrogens with two attached hydrogens (primary N) is 1. The molecule has 0 bridgehead atoms. The summed E-state index contributed by atoms with van der Waals surface area (Å²) < 4.78 is 11.2. The Balaban J connectivity index is 2.39. The van der Waals surface area contributed by atoms with Crippen LogP contribution in [0.4, 0.5) is 0 Å². The van der Waals surface area contributed by atoms with Gasteiger partial charge >= 0.3 is 0 Å². The molecule has 0 aliphatic carbocycles. The number of ether oxygens (including phenoxy) is 1. The van der Waals surface area contributed by atoms with Crippen LogP contribution in [-0.2, 0) is 4.79 Å². The zero-order valence-electron chi connectivity index (χ0n) is 11.0. The molecule has 2 aromatic rings. The van der Waals surface area contributed by atoms with Crippen LogP contribution < -0.4 is 10.5 Å². The Kier molecular flexibility index (Phi) is 2.81. The van der Waals surface area contributed by atoms with E-state index in [4.69, 9.17) is 14.9 Å². The summed E-state index contributed by atoms with van der Waals surface area (Å²) in [7, 11) is 0. The lowest BCUT2D eigenvalue weighted by atomic mass is 10.1. The lowest BCUT2D eigenvalue weighted by Crippen LogP contribution is -2.43. The second-order valence-electron chi connectivity index (χ2n) is 4.92. The first kappa shape index (κ1) is 12.5. The van der Waals surface area contributed by atoms with Crippen molar-refractivity contribution in [1.29, 1.82) is 0 Å². The number of amides is 1. The third-order valence-electron chi connectivity index (χ3n) is 3.11. The van der Waals surface area contributed by atoms with Crippen molar-refractivity contribution in [3.05, 3.63) is 29.5 Å². The van der Waals surface area contributed by atoms with E-state index in [9.17, 15) is 4.79 Å². The third-order valence-corrected chi connectivity index (χ3v) is 3.11. The van der Waals surface area contributed by atoms with Gasteiger partial charge in [-0.1, -0.05) is 0 Å². The molecule has 1 heterocycles. The third kappa shape index (κ3) is 2.06. The van der Waals surface area contributed by atoms with Crippen LogP contribution >= 0.6 is 0 Å². The van der Waals surface area contributed by atoms with E-state index in [0.717, 1.165) is 22.3 Å². The number of carbonyl (C=O) groups excluding carboxylic acids is 1. The average molecular weight is 247 g/mol. The number of rotatable bonds is 3. The van der Waals surface area contributed by atoms with Crippen LogP contribution in [0.3, 0.4) is 0 Å². The second kappa shape index (κ2) is 4.05. The Hall–Kier alpha value is -1.97. The molecule has 1 aromatic carbocycles. The fourth-order valence-corrected chi connectivity index (χ4v) is 1.74. The molecule has 0 aliphatic rings. The van der Waals surface area contributed by atoms with Crippen molar-refractivity contribution in [3.8, 4) is 5.75 Å². The van der Waals surface area contributed by atoms with Crippen LogP contribution in [-0.4, -0.2) is 11.5 Å². The van der Waals surface area contributed by atoms with Crippen LogP contribution in [0.25, 0.3) is 11.0 Å². The minimum atomic E-state index is -1.04. The first-order valence-electron chi connectivity index (χ1n) is 5.80. The first-order valence-corrected chi connectivity index (χ1v) is 5.80. The highest BCUT2D eigenvalue weighted by atomic mass is 16.5. The number of hydrogen-bond acceptors (Lipinski definition) is 3. The van der Waals surface area contributed by atoms with Crippen LogP contribution in [0.1, 0.15) is 25.2 Å². The summed E-state index contributed by atoms with van der Waals surface area (Å²) >= 11 is 0. The summed E-state index contributed by atoms with van der Waals surface area (Å²) in [6.07, 6.45) is 0. The molecule has 2 rings (SSSR count). The van der Waals surface area contributed by atoms with Gasteiger partial charge in [0, 0.05) is 11.5 Å². The molecule has 0 saturated heterocycles. The highest BCUT2D eigenvalue weighted by molar-refractivity contribution is 5.84. The Labute approximate surface area is 106 Å². The topological polar surface area (TPSA) is 65.5 Å². The predicted octanol–water partition coefficient (Wildman–Crippen LogP) is 2.69. The van der Waals surface area contributed by atoms with Gasteiger partial charge in [-0.15, -0.1) is 0 Å². The van der Waals surface area contributed by atoms with E-state index in [-0.39, 0.29) is 0 Å². The fourth-order valence-electron chi connectivity index (χ4n) is 1.74. The molecular formula is C14H17NO3. The minimum absolute atomic E-state index is 0.505. The maximum absolute atomic E-state index is 11.2. The fraction of sp³-hybridized carbons (Fsp3) is 0.357. The van der Waals surface area contributed by atoms with Crippen molar-refractivity contribution in [2.75, 3.05) is 0 Å². The molecule has 0 fully saturated rings. The predicted molar refractivity (Wildman–Crippen MR) is 69.6 cm³/mol. The van der Waals surface area contributed by atoms with E-state index in [1.54, 1.807) is 19.9 Å². The average Bonchev–Trinajstić information content (AvgIpc) is 2.53. The molecule has 0 atom stereocenters. The number of primary amides is 1. The summed E-state index contributed by atoms with van der Waals surface area (Å²) in [4.78, 5) is 11.2. The van der Waals surface area contributed by atoms with Crippen LogP contribution in [0.2, 0.25) is 0 Å². The van der Waals surface area contributed by atoms with Gasteiger partial charge in [-0.3, -0.25) is 4.79 Å². The van der Waals surface area contributed by atoms with Gasteiger partial charge < -0.3 is 14.9 Å². The smallest absolute Gasteiger partial charge is 0.261 e. The minimum Gasteiger partial charge on any atom is -0.478 e. The van der Waals surface area contributed by atoms with Gasteiger partial charge in [0.1, 0.15) is 17.1 Å². The van der Waals surface area contributed by atoms with E-state index in [1.807, 2.05) is 26.0 Å². The number of fused-ring (bicyclic) bond motifs is 1. The Morgan fingerprint density at radius 1 is 1.33 bits per heavy atom. The van der Waals surface area contributed by atoms with Crippen molar-refractivity contribution in [2.45, 2.75) is 33.3 Å². The van der Waals surface area contributed by atoms with Crippen LogP contribution in [0.5, 0.6) is 5.75 Å². The Morgan fingerprint density at radius 3 is 2.61 bits per heavy atom. The van der Waals surface area contributed by atoms with Crippen LogP contribution in [0, 0.1) is 13.8 Å². The van der Waals surface area contributed by atoms with Crippen molar-refractivity contribution in [2.24, 2.45) is 5.73 Å². The van der Waals surface area contributed by atoms with E-state index in [0.29, 0.717) is 5.75 Å². The molecule has 0 saturated carbocycles. The molecule has 0 unspecified atom stereocenters. The van der Waals surface area contributed by atoms with Gasteiger partial charge in [0.05, 0.1) is 0 Å². The van der Waals surface area contributed by atoms with Gasteiger partial charge in [-0.2, -0.15) is 0 Å². The number of furan rings is 1. The first-order chi connectivity index (χ1) is 8.31. The lowest BCUT2D eigenvalue weighted by Gasteiger charge is -2.22. The van der Waals surface area contributed by atoms with Crippen molar-refractivity contribution >= 4 is 16.9 Å². The number of aryl methyl sites for hydroxylation is 2. The molecule has 96 valence electrons. The highest BCUT2D eigenvalue weighted by Crippen LogP contribution is 2.29. The molecule has 4 nitrogen and oxygen atoms in total. The molecule has 2 N–H and O–H groups in total. The van der Waals surface area contributed by atoms with Gasteiger partial charge in [0.15, 0.2) is 5.60 Å². The number of carbonyl (C=O) groups is 1.